The molecule has 0 aromatic heterocycles. The summed E-state index contributed by atoms with van der Waals surface area (Å²) in [6.45, 7) is 0. The minimum atomic E-state index is -0.997. The third kappa shape index (κ3) is 3.76. The van der Waals surface area contributed by atoms with Crippen molar-refractivity contribution < 1.29 is 19.5 Å². The van der Waals surface area contributed by atoms with Gasteiger partial charge < -0.3 is 14.6 Å². The van der Waals surface area contributed by atoms with E-state index < -0.39 is 16.8 Å². The number of aliphatic hydroxyl groups excluding tert-OH is 1. The zero-order chi connectivity index (χ0) is 15.9. The lowest BCUT2D eigenvalue weighted by atomic mass is 10.1. The lowest BCUT2D eigenvalue weighted by Gasteiger charge is -2.19. The van der Waals surface area contributed by atoms with Crippen LogP contribution in [-0.2, 0) is 0 Å². The Morgan fingerprint density at radius 1 is 1.14 bits per heavy atom. The Bertz CT molecular complexity index is 669. The molecule has 0 amide bonds. The summed E-state index contributed by atoms with van der Waals surface area (Å²) in [5.41, 5.74) is 0.587. The van der Waals surface area contributed by atoms with E-state index in [0.29, 0.717) is 23.3 Å². The smallest absolute Gasteiger partial charge is 0.275 e. The first kappa shape index (κ1) is 15.4. The standard InChI is InChI=1S/C16H15NO5/c1-21-14-9-5-6-10-15(14)22-16(13(18)11-17(19)20)12-7-3-2-4-8-12/h2-11,16,18H,1H3. The molecule has 1 unspecified atom stereocenters. The average Bonchev–Trinajstić information content (AvgIpc) is 2.53. The minimum Gasteiger partial charge on any atom is -0.503 e. The van der Waals surface area contributed by atoms with Gasteiger partial charge in [0.1, 0.15) is 0 Å². The largest absolute Gasteiger partial charge is 0.503 e. The highest BCUT2D eigenvalue weighted by molar-refractivity contribution is 5.40. The van der Waals surface area contributed by atoms with E-state index in [1.165, 1.54) is 7.11 Å². The van der Waals surface area contributed by atoms with Crippen LogP contribution < -0.4 is 9.47 Å². The van der Waals surface area contributed by atoms with Crippen LogP contribution in [0.5, 0.6) is 11.5 Å². The topological polar surface area (TPSA) is 81.8 Å². The third-order valence-electron chi connectivity index (χ3n) is 2.92. The van der Waals surface area contributed by atoms with Crippen LogP contribution in [0.2, 0.25) is 0 Å². The van der Waals surface area contributed by atoms with Crippen LogP contribution in [0.3, 0.4) is 0 Å². The van der Waals surface area contributed by atoms with Gasteiger partial charge in [0, 0.05) is 5.56 Å². The van der Waals surface area contributed by atoms with Crippen molar-refractivity contribution in [3.63, 3.8) is 0 Å². The number of methoxy groups -OCH3 is 1. The van der Waals surface area contributed by atoms with E-state index in [0.717, 1.165) is 0 Å². The average molecular weight is 301 g/mol. The Balaban J connectivity index is 2.39. The molecule has 6 nitrogen and oxygen atoms in total. The lowest BCUT2D eigenvalue weighted by molar-refractivity contribution is -0.405. The molecule has 22 heavy (non-hydrogen) atoms. The fourth-order valence-corrected chi connectivity index (χ4v) is 1.95. The summed E-state index contributed by atoms with van der Waals surface area (Å²) < 4.78 is 10.9. The highest BCUT2D eigenvalue weighted by Gasteiger charge is 2.22. The predicted octanol–water partition coefficient (Wildman–Crippen LogP) is 3.49. The fourth-order valence-electron chi connectivity index (χ4n) is 1.95. The van der Waals surface area contributed by atoms with Gasteiger partial charge in [-0.3, -0.25) is 10.1 Å². The summed E-state index contributed by atoms with van der Waals surface area (Å²) in [5, 5.41) is 20.6. The monoisotopic (exact) mass is 301 g/mol. The predicted molar refractivity (Wildman–Crippen MR) is 80.5 cm³/mol. The molecule has 0 aliphatic carbocycles. The van der Waals surface area contributed by atoms with Crippen molar-refractivity contribution in [2.75, 3.05) is 7.11 Å². The van der Waals surface area contributed by atoms with Crippen LogP contribution in [0.15, 0.2) is 66.6 Å². The minimum absolute atomic E-state index is 0.377. The van der Waals surface area contributed by atoms with Gasteiger partial charge in [0.05, 0.1) is 12.0 Å². The maximum absolute atomic E-state index is 10.6. The summed E-state index contributed by atoms with van der Waals surface area (Å²) >= 11 is 0. The Hall–Kier alpha value is -3.02. The second kappa shape index (κ2) is 7.12. The number of benzene rings is 2. The molecule has 2 aromatic carbocycles. The van der Waals surface area contributed by atoms with E-state index in [2.05, 4.69) is 0 Å². The van der Waals surface area contributed by atoms with Gasteiger partial charge in [-0.1, -0.05) is 42.5 Å². The van der Waals surface area contributed by atoms with Crippen molar-refractivity contribution in [2.45, 2.75) is 6.10 Å². The maximum atomic E-state index is 10.6. The van der Waals surface area contributed by atoms with Gasteiger partial charge in [0.2, 0.25) is 5.76 Å². The highest BCUT2D eigenvalue weighted by Crippen LogP contribution is 2.33. The molecule has 0 fully saturated rings. The van der Waals surface area contributed by atoms with Crippen molar-refractivity contribution in [1.29, 1.82) is 0 Å². The van der Waals surface area contributed by atoms with Gasteiger partial charge in [-0.15, -0.1) is 0 Å². The first-order chi connectivity index (χ1) is 10.6. The molecule has 0 saturated carbocycles. The quantitative estimate of drug-likeness (QED) is 0.501. The molecule has 0 heterocycles. The molecular formula is C16H15NO5. The zero-order valence-electron chi connectivity index (χ0n) is 11.9. The summed E-state index contributed by atoms with van der Waals surface area (Å²) in [4.78, 5) is 9.88. The van der Waals surface area contributed by atoms with E-state index >= 15 is 0 Å². The maximum Gasteiger partial charge on any atom is 0.275 e. The van der Waals surface area contributed by atoms with E-state index in [1.807, 2.05) is 0 Å². The van der Waals surface area contributed by atoms with Crippen molar-refractivity contribution in [3.8, 4) is 11.5 Å². The van der Waals surface area contributed by atoms with E-state index in [9.17, 15) is 15.2 Å². The molecule has 0 aliphatic rings. The number of para-hydroxylation sites is 2. The van der Waals surface area contributed by atoms with Crippen molar-refractivity contribution >= 4 is 0 Å². The molecule has 0 saturated heterocycles. The molecule has 1 atom stereocenters. The second-order valence-corrected chi connectivity index (χ2v) is 4.40. The number of nitrogens with zero attached hydrogens (tertiary/aromatic N) is 1. The summed E-state index contributed by atoms with van der Waals surface area (Å²) in [6.07, 6.45) is -0.476. The van der Waals surface area contributed by atoms with Crippen molar-refractivity contribution in [2.24, 2.45) is 0 Å². The molecule has 114 valence electrons. The van der Waals surface area contributed by atoms with Gasteiger partial charge in [-0.05, 0) is 12.1 Å². The summed E-state index contributed by atoms with van der Waals surface area (Å²) in [6, 6.07) is 15.6. The number of hydrogen-bond donors (Lipinski definition) is 1. The van der Waals surface area contributed by atoms with Gasteiger partial charge in [-0.25, -0.2) is 0 Å². The molecular weight excluding hydrogens is 286 g/mol. The van der Waals surface area contributed by atoms with Crippen LogP contribution in [-0.4, -0.2) is 17.1 Å². The molecule has 2 rings (SSSR count). The van der Waals surface area contributed by atoms with Crippen LogP contribution in [0, 0.1) is 10.1 Å². The molecule has 0 radical (unpaired) electrons. The van der Waals surface area contributed by atoms with E-state index in [4.69, 9.17) is 9.47 Å². The normalized spacial score (nSPS) is 12.5. The van der Waals surface area contributed by atoms with E-state index in [1.54, 1.807) is 54.6 Å². The molecule has 0 aliphatic heterocycles. The summed E-state index contributed by atoms with van der Waals surface area (Å²) in [5.74, 6) is 0.349. The Morgan fingerprint density at radius 3 is 2.32 bits per heavy atom. The second-order valence-electron chi connectivity index (χ2n) is 4.40. The lowest BCUT2D eigenvalue weighted by Crippen LogP contribution is -2.12. The van der Waals surface area contributed by atoms with Crippen LogP contribution >= 0.6 is 0 Å². The third-order valence-corrected chi connectivity index (χ3v) is 2.92. The fraction of sp³-hybridized carbons (Fsp3) is 0.125. The summed E-state index contributed by atoms with van der Waals surface area (Å²) in [7, 11) is 1.49. The van der Waals surface area contributed by atoms with Gasteiger partial charge in [0.15, 0.2) is 17.6 Å². The van der Waals surface area contributed by atoms with Crippen molar-refractivity contribution in [1.82, 2.24) is 0 Å². The first-order valence-electron chi connectivity index (χ1n) is 6.50. The Labute approximate surface area is 127 Å². The molecule has 6 heteroatoms. The first-order valence-corrected chi connectivity index (χ1v) is 6.50. The molecule has 2 aromatic rings. The van der Waals surface area contributed by atoms with Gasteiger partial charge in [0.25, 0.3) is 6.20 Å². The molecule has 1 N–H and O–H groups in total. The zero-order valence-corrected chi connectivity index (χ0v) is 11.9. The molecule has 0 spiro atoms. The Morgan fingerprint density at radius 2 is 1.73 bits per heavy atom. The number of hydrogen-bond acceptors (Lipinski definition) is 5. The number of aliphatic hydroxyl groups is 1. The van der Waals surface area contributed by atoms with Crippen LogP contribution in [0.25, 0.3) is 0 Å². The molecule has 0 bridgehead atoms. The van der Waals surface area contributed by atoms with Gasteiger partial charge >= 0.3 is 0 Å². The number of rotatable bonds is 6. The SMILES string of the molecule is COc1ccccc1OC(C(O)=C[N+](=O)[O-])c1ccccc1. The van der Waals surface area contributed by atoms with Gasteiger partial charge in [-0.2, -0.15) is 0 Å². The van der Waals surface area contributed by atoms with Crippen LogP contribution in [0.1, 0.15) is 11.7 Å². The number of ether oxygens (including phenoxy) is 2. The van der Waals surface area contributed by atoms with Crippen molar-refractivity contribution in [3.05, 3.63) is 82.2 Å². The Kier molecular flexibility index (Phi) is 4.98. The highest BCUT2D eigenvalue weighted by atomic mass is 16.6. The van der Waals surface area contributed by atoms with E-state index in [-0.39, 0.29) is 0 Å². The number of nitro groups is 1. The van der Waals surface area contributed by atoms with Crippen LogP contribution in [0.4, 0.5) is 0 Å².